The summed E-state index contributed by atoms with van der Waals surface area (Å²) < 4.78 is 3.10. The van der Waals surface area contributed by atoms with Crippen molar-refractivity contribution in [2.45, 2.75) is 31.9 Å². The summed E-state index contributed by atoms with van der Waals surface area (Å²) in [6.07, 6.45) is 7.95. The van der Waals surface area contributed by atoms with Crippen molar-refractivity contribution in [1.82, 2.24) is 44.2 Å². The molecule has 1 aliphatic heterocycles. The molecule has 1 fully saturated rings. The van der Waals surface area contributed by atoms with Gasteiger partial charge in [0.1, 0.15) is 11.6 Å². The van der Waals surface area contributed by atoms with Gasteiger partial charge in [-0.2, -0.15) is 5.10 Å². The molecule has 0 spiro atoms. The Kier molecular flexibility index (Phi) is 5.76. The highest BCUT2D eigenvalue weighted by atomic mass is 16.3. The van der Waals surface area contributed by atoms with E-state index in [2.05, 4.69) is 25.0 Å². The molecule has 5 aromatic heterocycles. The highest BCUT2D eigenvalue weighted by Gasteiger charge is 2.28. The number of rotatable bonds is 4. The molecule has 13 heteroatoms. The number of aromatic amines is 1. The van der Waals surface area contributed by atoms with Crippen molar-refractivity contribution in [3.63, 3.8) is 0 Å². The fourth-order valence-electron chi connectivity index (χ4n) is 4.87. The lowest BCUT2D eigenvalue weighted by Crippen LogP contribution is -2.45. The third kappa shape index (κ3) is 4.02. The first kappa shape index (κ1) is 23.6. The van der Waals surface area contributed by atoms with Crippen LogP contribution < -0.4 is 11.2 Å². The van der Waals surface area contributed by atoms with Crippen LogP contribution in [0.2, 0.25) is 0 Å². The molecular formula is C25H23N9O4. The quantitative estimate of drug-likeness (QED) is 0.331. The van der Waals surface area contributed by atoms with Crippen LogP contribution in [0, 0.1) is 0 Å². The van der Waals surface area contributed by atoms with Crippen LogP contribution in [0.3, 0.4) is 0 Å². The van der Waals surface area contributed by atoms with Gasteiger partial charge in [-0.3, -0.25) is 24.1 Å². The molecule has 1 amide bonds. The normalized spacial score (nSPS) is 15.3. The molecule has 1 aliphatic rings. The number of hydrogen-bond acceptors (Lipinski definition) is 9. The van der Waals surface area contributed by atoms with Gasteiger partial charge in [0.05, 0.1) is 22.1 Å². The van der Waals surface area contributed by atoms with E-state index in [-0.39, 0.29) is 17.3 Å². The molecule has 0 radical (unpaired) electrons. The van der Waals surface area contributed by atoms with Crippen molar-refractivity contribution in [1.29, 1.82) is 0 Å². The van der Waals surface area contributed by atoms with Gasteiger partial charge in [-0.1, -0.05) is 0 Å². The predicted octanol–water partition coefficient (Wildman–Crippen LogP) is 0.820. The number of likely N-dealkylation sites (tertiary alicyclic amines) is 1. The lowest BCUT2D eigenvalue weighted by atomic mass is 10.0. The van der Waals surface area contributed by atoms with E-state index in [4.69, 9.17) is 4.98 Å². The van der Waals surface area contributed by atoms with Crippen molar-refractivity contribution >= 4 is 27.8 Å². The molecule has 5 aromatic rings. The van der Waals surface area contributed by atoms with E-state index < -0.39 is 17.4 Å². The number of pyridine rings is 2. The summed E-state index contributed by atoms with van der Waals surface area (Å²) in [5.41, 5.74) is 1.42. The number of aromatic nitrogens is 8. The van der Waals surface area contributed by atoms with E-state index >= 15 is 0 Å². The average molecular weight is 514 g/mol. The van der Waals surface area contributed by atoms with Crippen LogP contribution in [0.5, 0.6) is 0 Å². The zero-order valence-corrected chi connectivity index (χ0v) is 20.4. The molecule has 192 valence electrons. The van der Waals surface area contributed by atoms with E-state index in [0.29, 0.717) is 59.7 Å². The van der Waals surface area contributed by atoms with Crippen molar-refractivity contribution in [3.8, 4) is 17.2 Å². The molecule has 2 N–H and O–H groups in total. The maximum absolute atomic E-state index is 13.1. The Balaban J connectivity index is 1.45. The van der Waals surface area contributed by atoms with Gasteiger partial charge >= 0.3 is 5.69 Å². The number of fused-ring (bicyclic) bond motifs is 3. The molecule has 0 unspecified atom stereocenters. The maximum Gasteiger partial charge on any atom is 0.329 e. The van der Waals surface area contributed by atoms with Crippen molar-refractivity contribution in [2.24, 2.45) is 0 Å². The summed E-state index contributed by atoms with van der Waals surface area (Å²) in [6, 6.07) is 5.05. The molecule has 6 rings (SSSR count). The number of carbonyl (C=O) groups is 1. The van der Waals surface area contributed by atoms with E-state index in [1.54, 1.807) is 57.1 Å². The van der Waals surface area contributed by atoms with E-state index in [0.717, 1.165) is 0 Å². The minimum atomic E-state index is -1.08. The number of amides is 1. The Morgan fingerprint density at radius 1 is 1.11 bits per heavy atom. The van der Waals surface area contributed by atoms with Gasteiger partial charge in [0, 0.05) is 55.7 Å². The molecular weight excluding hydrogens is 490 g/mol. The monoisotopic (exact) mass is 513 g/mol. The summed E-state index contributed by atoms with van der Waals surface area (Å²) >= 11 is 0. The number of piperidine rings is 1. The molecule has 6 heterocycles. The SMILES string of the molecule is C[C@@H](O)C(=O)N1CCC(n2c(=O)[nH]c(=O)c3cnc4ccc(-c5cnc(-n6cccn6)nc5)nc4c32)CC1. The molecule has 38 heavy (non-hydrogen) atoms. The van der Waals surface area contributed by atoms with Gasteiger partial charge in [-0.25, -0.2) is 24.4 Å². The van der Waals surface area contributed by atoms with Gasteiger partial charge in [0.2, 0.25) is 5.95 Å². The second-order valence-electron chi connectivity index (χ2n) is 9.17. The van der Waals surface area contributed by atoms with E-state index in [1.165, 1.54) is 13.1 Å². The van der Waals surface area contributed by atoms with Gasteiger partial charge in [0.15, 0.2) is 0 Å². The van der Waals surface area contributed by atoms with Crippen LogP contribution in [0.25, 0.3) is 39.1 Å². The summed E-state index contributed by atoms with van der Waals surface area (Å²) in [5, 5.41) is 14.0. The zero-order valence-electron chi connectivity index (χ0n) is 20.4. The zero-order chi connectivity index (χ0) is 26.4. The minimum Gasteiger partial charge on any atom is -0.384 e. The van der Waals surface area contributed by atoms with E-state index in [9.17, 15) is 19.5 Å². The number of aliphatic hydroxyl groups excluding tert-OH is 1. The Labute approximate surface area is 214 Å². The second-order valence-corrected chi connectivity index (χ2v) is 9.17. The Morgan fingerprint density at radius 2 is 1.87 bits per heavy atom. The number of aliphatic hydroxyl groups is 1. The van der Waals surface area contributed by atoms with Gasteiger partial charge in [-0.05, 0) is 38.0 Å². The van der Waals surface area contributed by atoms with Crippen LogP contribution in [0.4, 0.5) is 0 Å². The smallest absolute Gasteiger partial charge is 0.329 e. The lowest BCUT2D eigenvalue weighted by molar-refractivity contribution is -0.140. The fraction of sp³-hybridized carbons (Fsp3) is 0.280. The van der Waals surface area contributed by atoms with Gasteiger partial charge < -0.3 is 10.0 Å². The highest BCUT2D eigenvalue weighted by Crippen LogP contribution is 2.28. The predicted molar refractivity (Wildman–Crippen MR) is 137 cm³/mol. The summed E-state index contributed by atoms with van der Waals surface area (Å²) in [7, 11) is 0. The largest absolute Gasteiger partial charge is 0.384 e. The number of nitrogens with one attached hydrogen (secondary N) is 1. The fourth-order valence-corrected chi connectivity index (χ4v) is 4.87. The Hall–Kier alpha value is -4.78. The first-order chi connectivity index (χ1) is 18.4. The molecule has 0 saturated carbocycles. The van der Waals surface area contributed by atoms with Crippen molar-refractivity contribution in [3.05, 3.63) is 70.0 Å². The number of carbonyl (C=O) groups excluding carboxylic acids is 1. The first-order valence-electron chi connectivity index (χ1n) is 12.1. The Bertz CT molecular complexity index is 1770. The molecule has 1 atom stereocenters. The van der Waals surface area contributed by atoms with Crippen molar-refractivity contribution < 1.29 is 9.90 Å². The van der Waals surface area contributed by atoms with Crippen LogP contribution in [-0.2, 0) is 4.79 Å². The molecule has 0 aromatic carbocycles. The Morgan fingerprint density at radius 3 is 2.55 bits per heavy atom. The average Bonchev–Trinajstić information content (AvgIpc) is 3.48. The van der Waals surface area contributed by atoms with Crippen LogP contribution in [0.15, 0.2) is 58.8 Å². The minimum absolute atomic E-state index is 0.245. The molecule has 0 aliphatic carbocycles. The van der Waals surface area contributed by atoms with Gasteiger partial charge in [0.25, 0.3) is 11.5 Å². The summed E-state index contributed by atoms with van der Waals surface area (Å²) in [6.45, 7) is 2.19. The van der Waals surface area contributed by atoms with E-state index in [1.807, 2.05) is 0 Å². The molecule has 0 bridgehead atoms. The second kappa shape index (κ2) is 9.27. The van der Waals surface area contributed by atoms with Crippen LogP contribution in [-0.4, -0.2) is 74.4 Å². The standard InChI is InChI=1S/C25H23N9O4/c1-14(35)23(37)32-9-5-16(6-10-32)34-21-17(22(36)31-25(34)38)13-26-19-4-3-18(30-20(19)21)15-11-27-24(28-12-15)33-8-2-7-29-33/h2-4,7-8,11-14,16,35H,5-6,9-10H2,1H3,(H,31,36,38)/t14-/m1/s1. The third-order valence-electron chi connectivity index (χ3n) is 6.75. The van der Waals surface area contributed by atoms with Crippen LogP contribution >= 0.6 is 0 Å². The first-order valence-corrected chi connectivity index (χ1v) is 12.1. The van der Waals surface area contributed by atoms with Crippen LogP contribution in [0.1, 0.15) is 25.8 Å². The number of nitrogens with zero attached hydrogens (tertiary/aromatic N) is 8. The third-order valence-corrected chi connectivity index (χ3v) is 6.75. The van der Waals surface area contributed by atoms with Crippen molar-refractivity contribution in [2.75, 3.05) is 13.1 Å². The summed E-state index contributed by atoms with van der Waals surface area (Å²) in [4.78, 5) is 60.0. The maximum atomic E-state index is 13.1. The van der Waals surface area contributed by atoms with Gasteiger partial charge in [-0.15, -0.1) is 0 Å². The topological polar surface area (TPSA) is 165 Å². The molecule has 1 saturated heterocycles. The number of hydrogen-bond donors (Lipinski definition) is 2. The number of H-pyrrole nitrogens is 1. The summed E-state index contributed by atoms with van der Waals surface area (Å²) in [5.74, 6) is 0.0660. The lowest BCUT2D eigenvalue weighted by Gasteiger charge is -2.34. The molecule has 13 nitrogen and oxygen atoms in total. The highest BCUT2D eigenvalue weighted by molar-refractivity contribution is 6.01.